The molecule has 0 aliphatic rings. The largest absolute Gasteiger partial charge is 0.325 e. The second-order valence-electron chi connectivity index (χ2n) is 9.09. The molecule has 0 heterocycles. The van der Waals surface area contributed by atoms with E-state index >= 15 is 0 Å². The Morgan fingerprint density at radius 1 is 0.829 bits per heavy atom. The Morgan fingerprint density at radius 2 is 1.46 bits per heavy atom. The fourth-order valence-corrected chi connectivity index (χ4v) is 6.44. The van der Waals surface area contributed by atoms with Crippen molar-refractivity contribution in [2.75, 3.05) is 20.9 Å². The molecule has 11 nitrogen and oxygen atoms in total. The molecule has 0 radical (unpaired) electrons. The molecule has 212 valence electrons. The summed E-state index contributed by atoms with van der Waals surface area (Å²) in [4.78, 5) is 23.3. The molecule has 0 aromatic heterocycles. The van der Waals surface area contributed by atoms with Gasteiger partial charge in [-0.05, 0) is 79.6 Å². The molecule has 4 rings (SSSR count). The fourth-order valence-electron chi connectivity index (χ4n) is 3.87. The minimum absolute atomic E-state index is 0.0319. The van der Waals surface area contributed by atoms with Gasteiger partial charge >= 0.3 is 0 Å². The van der Waals surface area contributed by atoms with E-state index in [0.29, 0.717) is 5.69 Å². The van der Waals surface area contributed by atoms with Gasteiger partial charge in [0.25, 0.3) is 25.7 Å². The summed E-state index contributed by atoms with van der Waals surface area (Å²) < 4.78 is 56.1. The zero-order chi connectivity index (χ0) is 29.8. The molecule has 41 heavy (non-hydrogen) atoms. The number of anilines is 3. The topological polar surface area (TPSA) is 156 Å². The second-order valence-corrected chi connectivity index (χ2v) is 12.6. The number of sulfonamides is 2. The smallest absolute Gasteiger partial charge is 0.269 e. The van der Waals surface area contributed by atoms with Gasteiger partial charge in [0.2, 0.25) is 5.91 Å². The Kier molecular flexibility index (Phi) is 8.40. The molecule has 0 atom stereocenters. The lowest BCUT2D eigenvalue weighted by Gasteiger charge is -2.24. The summed E-state index contributed by atoms with van der Waals surface area (Å²) in [7, 11) is -8.13. The molecule has 0 aliphatic carbocycles. The van der Waals surface area contributed by atoms with Gasteiger partial charge in [-0.1, -0.05) is 30.3 Å². The number of hydrogen-bond donors (Lipinski definition) is 2. The first-order chi connectivity index (χ1) is 19.4. The second kappa shape index (κ2) is 11.8. The van der Waals surface area contributed by atoms with Gasteiger partial charge in [-0.3, -0.25) is 23.9 Å². The molecular formula is C28H26N4O7S2. The number of non-ortho nitro benzene ring substituents is 1. The highest BCUT2D eigenvalue weighted by Crippen LogP contribution is 2.26. The van der Waals surface area contributed by atoms with Gasteiger partial charge in [0.1, 0.15) is 6.54 Å². The van der Waals surface area contributed by atoms with E-state index in [2.05, 4.69) is 10.0 Å². The van der Waals surface area contributed by atoms with Crippen LogP contribution in [0.5, 0.6) is 0 Å². The first-order valence-electron chi connectivity index (χ1n) is 12.2. The molecule has 0 saturated heterocycles. The predicted octanol–water partition coefficient (Wildman–Crippen LogP) is 4.85. The van der Waals surface area contributed by atoms with E-state index in [0.717, 1.165) is 27.6 Å². The third kappa shape index (κ3) is 6.88. The van der Waals surface area contributed by atoms with Crippen LogP contribution in [0.3, 0.4) is 0 Å². The van der Waals surface area contributed by atoms with E-state index in [1.54, 1.807) is 19.1 Å². The van der Waals surface area contributed by atoms with Gasteiger partial charge in [-0.2, -0.15) is 0 Å². The zero-order valence-corrected chi connectivity index (χ0v) is 23.6. The Labute approximate surface area is 237 Å². The van der Waals surface area contributed by atoms with E-state index < -0.39 is 37.4 Å². The van der Waals surface area contributed by atoms with Crippen LogP contribution >= 0.6 is 0 Å². The molecule has 0 bridgehead atoms. The highest BCUT2D eigenvalue weighted by Gasteiger charge is 2.27. The summed E-state index contributed by atoms with van der Waals surface area (Å²) >= 11 is 0. The first kappa shape index (κ1) is 29.2. The van der Waals surface area contributed by atoms with Crippen LogP contribution in [0, 0.1) is 24.0 Å². The number of amides is 1. The maximum absolute atomic E-state index is 13.4. The standard InChI is InChI=1S/C28H26N4O7S2/c1-20-8-9-21(2)27(18-20)30-40(36,37)25-16-10-22(11-17-25)29-28(33)19-31(23-12-14-24(15-13-23)32(34)35)41(38,39)26-6-4-3-5-7-26/h3-18,30H,19H2,1-2H3,(H,29,33). The van der Waals surface area contributed by atoms with E-state index in [1.807, 2.05) is 19.1 Å². The van der Waals surface area contributed by atoms with Gasteiger partial charge in [-0.15, -0.1) is 0 Å². The van der Waals surface area contributed by atoms with Gasteiger partial charge in [0.05, 0.1) is 26.1 Å². The first-order valence-corrected chi connectivity index (χ1v) is 15.1. The summed E-state index contributed by atoms with van der Waals surface area (Å²) in [6, 6.07) is 23.0. The maximum atomic E-state index is 13.4. The molecule has 0 aliphatic heterocycles. The van der Waals surface area contributed by atoms with Crippen LogP contribution in [0.4, 0.5) is 22.7 Å². The van der Waals surface area contributed by atoms with Crippen molar-refractivity contribution >= 4 is 48.7 Å². The molecule has 0 spiro atoms. The summed E-state index contributed by atoms with van der Waals surface area (Å²) in [5.74, 6) is -0.716. The third-order valence-corrected chi connectivity index (χ3v) is 9.22. The average molecular weight is 595 g/mol. The fraction of sp³-hybridized carbons (Fsp3) is 0.107. The quantitative estimate of drug-likeness (QED) is 0.196. The van der Waals surface area contributed by atoms with Crippen molar-refractivity contribution in [2.24, 2.45) is 0 Å². The van der Waals surface area contributed by atoms with Crippen LogP contribution in [0.25, 0.3) is 0 Å². The normalized spacial score (nSPS) is 11.5. The SMILES string of the molecule is Cc1ccc(C)c(NS(=O)(=O)c2ccc(NC(=O)CN(c3ccc([N+](=O)[O-])cc3)S(=O)(=O)c3ccccc3)cc2)c1. The van der Waals surface area contributed by atoms with Crippen molar-refractivity contribution in [3.05, 3.63) is 118 Å². The summed E-state index contributed by atoms with van der Waals surface area (Å²) in [6.07, 6.45) is 0. The molecule has 0 fully saturated rings. The molecule has 1 amide bonds. The monoisotopic (exact) mass is 594 g/mol. The molecular weight excluding hydrogens is 568 g/mol. The maximum Gasteiger partial charge on any atom is 0.269 e. The molecule has 4 aromatic carbocycles. The minimum atomic E-state index is -4.22. The summed E-state index contributed by atoms with van der Waals surface area (Å²) in [5.41, 5.74) is 2.15. The van der Waals surface area contributed by atoms with Crippen LogP contribution in [0.2, 0.25) is 0 Å². The summed E-state index contributed by atoms with van der Waals surface area (Å²) in [5, 5.41) is 13.6. The number of carbonyl (C=O) groups excluding carboxylic acids is 1. The Morgan fingerprint density at radius 3 is 2.07 bits per heavy atom. The Balaban J connectivity index is 1.54. The van der Waals surface area contributed by atoms with E-state index in [4.69, 9.17) is 0 Å². The van der Waals surface area contributed by atoms with Crippen molar-refractivity contribution < 1.29 is 26.6 Å². The van der Waals surface area contributed by atoms with Crippen LogP contribution in [-0.2, 0) is 24.8 Å². The van der Waals surface area contributed by atoms with Crippen molar-refractivity contribution in [3.8, 4) is 0 Å². The molecule has 0 unspecified atom stereocenters. The van der Waals surface area contributed by atoms with E-state index in [-0.39, 0.29) is 26.9 Å². The van der Waals surface area contributed by atoms with Crippen LogP contribution < -0.4 is 14.3 Å². The van der Waals surface area contributed by atoms with Crippen LogP contribution in [-0.4, -0.2) is 34.2 Å². The third-order valence-electron chi connectivity index (χ3n) is 6.05. The van der Waals surface area contributed by atoms with Gasteiger partial charge in [0.15, 0.2) is 0 Å². The highest BCUT2D eigenvalue weighted by molar-refractivity contribution is 7.93. The number of benzene rings is 4. The number of aryl methyl sites for hydroxylation is 2. The zero-order valence-electron chi connectivity index (χ0n) is 22.0. The van der Waals surface area contributed by atoms with Gasteiger partial charge in [-0.25, -0.2) is 16.8 Å². The number of nitro groups is 1. The number of rotatable bonds is 10. The van der Waals surface area contributed by atoms with Crippen molar-refractivity contribution in [2.45, 2.75) is 23.6 Å². The predicted molar refractivity (Wildman–Crippen MR) is 156 cm³/mol. The Bertz CT molecular complexity index is 1790. The van der Waals surface area contributed by atoms with Gasteiger partial charge < -0.3 is 5.32 Å². The van der Waals surface area contributed by atoms with Crippen LogP contribution in [0.15, 0.2) is 107 Å². The molecule has 4 aromatic rings. The Hall–Kier alpha value is -4.75. The average Bonchev–Trinajstić information content (AvgIpc) is 2.94. The highest BCUT2D eigenvalue weighted by atomic mass is 32.2. The molecule has 2 N–H and O–H groups in total. The van der Waals surface area contributed by atoms with Crippen molar-refractivity contribution in [3.63, 3.8) is 0 Å². The lowest BCUT2D eigenvalue weighted by Crippen LogP contribution is -2.38. The lowest BCUT2D eigenvalue weighted by molar-refractivity contribution is -0.384. The number of nitrogens with zero attached hydrogens (tertiary/aromatic N) is 2. The number of nitrogens with one attached hydrogen (secondary N) is 2. The van der Waals surface area contributed by atoms with Crippen molar-refractivity contribution in [1.82, 2.24) is 0 Å². The van der Waals surface area contributed by atoms with E-state index in [9.17, 15) is 31.7 Å². The van der Waals surface area contributed by atoms with Gasteiger partial charge in [0, 0.05) is 17.8 Å². The summed E-state index contributed by atoms with van der Waals surface area (Å²) in [6.45, 7) is 2.99. The van der Waals surface area contributed by atoms with Crippen molar-refractivity contribution in [1.29, 1.82) is 0 Å². The number of nitro benzene ring substituents is 1. The van der Waals surface area contributed by atoms with Crippen LogP contribution in [0.1, 0.15) is 11.1 Å². The van der Waals surface area contributed by atoms with E-state index in [1.165, 1.54) is 60.7 Å². The minimum Gasteiger partial charge on any atom is -0.325 e. The molecule has 0 saturated carbocycles. The number of hydrogen-bond acceptors (Lipinski definition) is 7. The lowest BCUT2D eigenvalue weighted by atomic mass is 10.1. The molecule has 13 heteroatoms. The number of carbonyl (C=O) groups is 1.